The molecule has 1 aromatic carbocycles. The van der Waals surface area contributed by atoms with Crippen molar-refractivity contribution in [2.45, 2.75) is 0 Å². The first-order valence-electron chi connectivity index (χ1n) is 5.08. The van der Waals surface area contributed by atoms with Gasteiger partial charge in [-0.2, -0.15) is 5.10 Å². The maximum Gasteiger partial charge on any atom is 0.231 e. The second-order valence-electron chi connectivity index (χ2n) is 3.77. The third-order valence-corrected chi connectivity index (χ3v) is 2.71. The Morgan fingerprint density at radius 2 is 2.24 bits per heavy atom. The molecule has 0 saturated heterocycles. The maximum absolute atomic E-state index is 10.1. The molecule has 0 aliphatic carbocycles. The number of hydrogen-bond acceptors (Lipinski definition) is 5. The Bertz CT molecular complexity index is 572. The summed E-state index contributed by atoms with van der Waals surface area (Å²) < 4.78 is 11.9. The largest absolute Gasteiger partial charge is 0.504 e. The van der Waals surface area contributed by atoms with Crippen molar-refractivity contribution >= 4 is 5.82 Å². The molecule has 0 unspecified atom stereocenters. The summed E-state index contributed by atoms with van der Waals surface area (Å²) in [5.74, 6) is 1.44. The predicted molar refractivity (Wildman–Crippen MR) is 60.8 cm³/mol. The molecule has 1 aromatic heterocycles. The topological polar surface area (TPSA) is 82.5 Å². The molecular formula is C11H11N3O3. The average Bonchev–Trinajstić information content (AvgIpc) is 2.88. The Morgan fingerprint density at radius 3 is 2.94 bits per heavy atom. The van der Waals surface area contributed by atoms with Crippen LogP contribution in [0.4, 0.5) is 5.82 Å². The molecule has 6 nitrogen and oxygen atoms in total. The first kappa shape index (κ1) is 9.83. The van der Waals surface area contributed by atoms with Gasteiger partial charge in [-0.15, -0.1) is 0 Å². The number of phenols is 1. The highest BCUT2D eigenvalue weighted by atomic mass is 16.7. The number of phenolic OH excluding ortho intramolecular Hbond substituents is 1. The summed E-state index contributed by atoms with van der Waals surface area (Å²) in [6, 6.07) is 5.16. The van der Waals surface area contributed by atoms with Crippen LogP contribution >= 0.6 is 0 Å². The molecule has 1 aliphatic heterocycles. The number of aryl methyl sites for hydroxylation is 1. The van der Waals surface area contributed by atoms with Gasteiger partial charge in [-0.3, -0.25) is 4.68 Å². The molecule has 17 heavy (non-hydrogen) atoms. The van der Waals surface area contributed by atoms with E-state index < -0.39 is 0 Å². The lowest BCUT2D eigenvalue weighted by Gasteiger charge is -2.04. The van der Waals surface area contributed by atoms with E-state index in [-0.39, 0.29) is 12.5 Å². The number of anilines is 1. The van der Waals surface area contributed by atoms with Gasteiger partial charge in [0.05, 0.1) is 5.69 Å². The zero-order valence-electron chi connectivity index (χ0n) is 9.17. The fraction of sp³-hybridized carbons (Fsp3) is 0.182. The Morgan fingerprint density at radius 1 is 1.41 bits per heavy atom. The van der Waals surface area contributed by atoms with Gasteiger partial charge in [-0.25, -0.2) is 0 Å². The zero-order chi connectivity index (χ0) is 12.0. The molecule has 0 saturated carbocycles. The van der Waals surface area contributed by atoms with E-state index >= 15 is 0 Å². The van der Waals surface area contributed by atoms with Gasteiger partial charge in [0.25, 0.3) is 0 Å². The number of aromatic hydroxyl groups is 1. The zero-order valence-corrected chi connectivity index (χ0v) is 9.17. The van der Waals surface area contributed by atoms with E-state index in [0.717, 1.165) is 0 Å². The fourth-order valence-corrected chi connectivity index (χ4v) is 1.78. The molecule has 0 bridgehead atoms. The van der Waals surface area contributed by atoms with Gasteiger partial charge in [0, 0.05) is 18.7 Å². The number of benzene rings is 1. The van der Waals surface area contributed by atoms with Crippen LogP contribution in [-0.4, -0.2) is 21.7 Å². The molecule has 3 N–H and O–H groups in total. The first-order chi connectivity index (χ1) is 8.16. The Balaban J connectivity index is 2.15. The summed E-state index contributed by atoms with van der Waals surface area (Å²) >= 11 is 0. The Hall–Kier alpha value is -2.37. The van der Waals surface area contributed by atoms with Crippen LogP contribution in [0.1, 0.15) is 0 Å². The van der Waals surface area contributed by atoms with Crippen LogP contribution in [0.2, 0.25) is 0 Å². The highest BCUT2D eigenvalue weighted by Crippen LogP contribution is 2.45. The molecule has 0 amide bonds. The SMILES string of the molecule is Cn1nc(-c2ccc3c(c2O)OCO3)cc1N. The molecule has 1 aliphatic rings. The quantitative estimate of drug-likeness (QED) is 0.770. The van der Waals surface area contributed by atoms with E-state index in [1.807, 2.05) is 0 Å². The lowest BCUT2D eigenvalue weighted by atomic mass is 10.1. The lowest BCUT2D eigenvalue weighted by Crippen LogP contribution is -1.96. The summed E-state index contributed by atoms with van der Waals surface area (Å²) in [7, 11) is 1.74. The summed E-state index contributed by atoms with van der Waals surface area (Å²) in [6.45, 7) is 0.122. The number of nitrogens with zero attached hydrogens (tertiary/aromatic N) is 2. The van der Waals surface area contributed by atoms with Gasteiger partial charge in [0.1, 0.15) is 5.82 Å². The number of nitrogens with two attached hydrogens (primary N) is 1. The minimum atomic E-state index is 0.0260. The fourth-order valence-electron chi connectivity index (χ4n) is 1.78. The maximum atomic E-state index is 10.1. The van der Waals surface area contributed by atoms with Crippen LogP contribution in [0.3, 0.4) is 0 Å². The summed E-state index contributed by atoms with van der Waals surface area (Å²) in [5, 5.41) is 14.3. The second kappa shape index (κ2) is 3.31. The van der Waals surface area contributed by atoms with Crippen molar-refractivity contribution in [2.24, 2.45) is 7.05 Å². The summed E-state index contributed by atoms with van der Waals surface area (Å²) in [4.78, 5) is 0. The highest BCUT2D eigenvalue weighted by molar-refractivity contribution is 5.75. The summed E-state index contributed by atoms with van der Waals surface area (Å²) in [5.41, 5.74) is 6.87. The number of aromatic nitrogens is 2. The smallest absolute Gasteiger partial charge is 0.231 e. The average molecular weight is 233 g/mol. The van der Waals surface area contributed by atoms with E-state index in [4.69, 9.17) is 15.2 Å². The molecule has 2 aromatic rings. The molecule has 0 fully saturated rings. The molecule has 2 heterocycles. The van der Waals surface area contributed by atoms with Gasteiger partial charge >= 0.3 is 0 Å². The van der Waals surface area contributed by atoms with Gasteiger partial charge < -0.3 is 20.3 Å². The van der Waals surface area contributed by atoms with Crippen molar-refractivity contribution < 1.29 is 14.6 Å². The second-order valence-corrected chi connectivity index (χ2v) is 3.77. The van der Waals surface area contributed by atoms with E-state index in [0.29, 0.717) is 28.6 Å². The minimum absolute atomic E-state index is 0.0260. The van der Waals surface area contributed by atoms with Crippen LogP contribution in [0, 0.1) is 0 Å². The Kier molecular flexibility index (Phi) is 1.91. The van der Waals surface area contributed by atoms with Gasteiger partial charge in [-0.05, 0) is 12.1 Å². The molecule has 0 atom stereocenters. The highest BCUT2D eigenvalue weighted by Gasteiger charge is 2.22. The van der Waals surface area contributed by atoms with Crippen LogP contribution in [0.15, 0.2) is 18.2 Å². The number of hydrogen-bond donors (Lipinski definition) is 2. The molecule has 6 heteroatoms. The monoisotopic (exact) mass is 233 g/mol. The first-order valence-corrected chi connectivity index (χ1v) is 5.08. The third kappa shape index (κ3) is 1.37. The molecule has 3 rings (SSSR count). The van der Waals surface area contributed by atoms with Gasteiger partial charge in [0.2, 0.25) is 12.5 Å². The van der Waals surface area contributed by atoms with E-state index in [1.165, 1.54) is 0 Å². The predicted octanol–water partition coefficient (Wildman–Crippen LogP) is 1.10. The van der Waals surface area contributed by atoms with Gasteiger partial charge in [-0.1, -0.05) is 0 Å². The molecule has 0 radical (unpaired) electrons. The van der Waals surface area contributed by atoms with Crippen LogP contribution in [0.5, 0.6) is 17.2 Å². The van der Waals surface area contributed by atoms with E-state index in [1.54, 1.807) is 29.9 Å². The molecular weight excluding hydrogens is 222 g/mol. The molecule has 88 valence electrons. The van der Waals surface area contributed by atoms with Crippen LogP contribution < -0.4 is 15.2 Å². The van der Waals surface area contributed by atoms with Crippen LogP contribution in [0.25, 0.3) is 11.3 Å². The summed E-state index contributed by atoms with van der Waals surface area (Å²) in [6.07, 6.45) is 0. The van der Waals surface area contributed by atoms with Gasteiger partial charge in [0.15, 0.2) is 11.5 Å². The van der Waals surface area contributed by atoms with Crippen molar-refractivity contribution in [3.63, 3.8) is 0 Å². The third-order valence-electron chi connectivity index (χ3n) is 2.71. The van der Waals surface area contributed by atoms with Crippen LogP contribution in [-0.2, 0) is 7.05 Å². The van der Waals surface area contributed by atoms with E-state index in [2.05, 4.69) is 5.10 Å². The van der Waals surface area contributed by atoms with Crippen molar-refractivity contribution in [2.75, 3.05) is 12.5 Å². The minimum Gasteiger partial charge on any atom is -0.504 e. The number of fused-ring (bicyclic) bond motifs is 1. The lowest BCUT2D eigenvalue weighted by molar-refractivity contribution is 0.171. The standard InChI is InChI=1S/C11H11N3O3/c1-14-9(12)4-7(13-14)6-2-3-8-11(10(6)15)17-5-16-8/h2-4,15H,5,12H2,1H3. The Labute approximate surface area is 97.2 Å². The van der Waals surface area contributed by atoms with Crippen molar-refractivity contribution in [1.29, 1.82) is 0 Å². The number of nitrogen functional groups attached to an aromatic ring is 1. The normalized spacial score (nSPS) is 13.0. The van der Waals surface area contributed by atoms with E-state index in [9.17, 15) is 5.11 Å². The van der Waals surface area contributed by atoms with Crippen molar-refractivity contribution in [3.05, 3.63) is 18.2 Å². The van der Waals surface area contributed by atoms with Crippen molar-refractivity contribution in [3.8, 4) is 28.5 Å². The molecule has 0 spiro atoms. The number of ether oxygens (including phenoxy) is 2. The van der Waals surface area contributed by atoms with Crippen molar-refractivity contribution in [1.82, 2.24) is 9.78 Å². The number of rotatable bonds is 1.